The molecule has 0 aromatic rings. The van der Waals surface area contributed by atoms with Crippen LogP contribution in [0.5, 0.6) is 0 Å². The molecule has 1 heteroatoms. The van der Waals surface area contributed by atoms with Gasteiger partial charge in [0.25, 0.3) is 0 Å². The van der Waals surface area contributed by atoms with Gasteiger partial charge in [0, 0.05) is 0 Å². The number of allylic oxidation sites excluding steroid dienone is 2. The molecule has 0 radical (unpaired) electrons. The highest BCUT2D eigenvalue weighted by atomic mass is 16.5. The van der Waals surface area contributed by atoms with Crippen LogP contribution in [0.4, 0.5) is 0 Å². The van der Waals surface area contributed by atoms with E-state index in [4.69, 9.17) is 4.74 Å². The lowest BCUT2D eigenvalue weighted by Crippen LogP contribution is -1.92. The third kappa shape index (κ3) is 1.63. The van der Waals surface area contributed by atoms with Crippen molar-refractivity contribution in [1.82, 2.24) is 0 Å². The van der Waals surface area contributed by atoms with Gasteiger partial charge in [-0.25, -0.2) is 0 Å². The SMILES string of the molecule is C=C=CC1=CC=COC1. The monoisotopic (exact) mass is 120 g/mol. The summed E-state index contributed by atoms with van der Waals surface area (Å²) >= 11 is 0. The first-order valence-electron chi connectivity index (χ1n) is 2.76. The van der Waals surface area contributed by atoms with Crippen LogP contribution in [0.1, 0.15) is 0 Å². The zero-order valence-electron chi connectivity index (χ0n) is 5.13. The van der Waals surface area contributed by atoms with E-state index in [0.29, 0.717) is 6.61 Å². The van der Waals surface area contributed by atoms with Crippen LogP contribution in [0, 0.1) is 0 Å². The van der Waals surface area contributed by atoms with Gasteiger partial charge in [-0.1, -0.05) is 12.7 Å². The largest absolute Gasteiger partial charge is 0.496 e. The maximum atomic E-state index is 4.99. The summed E-state index contributed by atoms with van der Waals surface area (Å²) in [4.78, 5) is 0. The number of ether oxygens (including phenoxy) is 1. The predicted octanol–water partition coefficient (Wildman–Crippen LogP) is 1.80. The molecule has 1 heterocycles. The highest BCUT2D eigenvalue weighted by molar-refractivity contribution is 5.25. The van der Waals surface area contributed by atoms with Crippen molar-refractivity contribution >= 4 is 0 Å². The normalized spacial score (nSPS) is 15.3. The summed E-state index contributed by atoms with van der Waals surface area (Å²) in [6.07, 6.45) is 7.30. The van der Waals surface area contributed by atoms with Crippen LogP contribution in [0.2, 0.25) is 0 Å². The van der Waals surface area contributed by atoms with E-state index >= 15 is 0 Å². The molecule has 1 aliphatic rings. The Hall–Kier alpha value is -1.20. The molecule has 46 valence electrons. The number of hydrogen-bond donors (Lipinski definition) is 0. The van der Waals surface area contributed by atoms with Crippen LogP contribution in [-0.2, 0) is 4.74 Å². The van der Waals surface area contributed by atoms with E-state index in [0.717, 1.165) is 5.57 Å². The standard InChI is InChI=1S/C8H8O/c1-2-4-8-5-3-6-9-7-8/h3-6H,1,7H2. The maximum absolute atomic E-state index is 4.99. The van der Waals surface area contributed by atoms with Crippen molar-refractivity contribution in [1.29, 1.82) is 0 Å². The van der Waals surface area contributed by atoms with Crippen LogP contribution in [0.25, 0.3) is 0 Å². The molecule has 0 fully saturated rings. The molecule has 0 spiro atoms. The quantitative estimate of drug-likeness (QED) is 0.479. The Morgan fingerprint density at radius 2 is 2.67 bits per heavy atom. The Labute approximate surface area is 54.6 Å². The molecule has 0 aromatic heterocycles. The highest BCUT2D eigenvalue weighted by Crippen LogP contribution is 2.02. The van der Waals surface area contributed by atoms with Crippen molar-refractivity contribution in [3.8, 4) is 0 Å². The average Bonchev–Trinajstić information content (AvgIpc) is 1.91. The summed E-state index contributed by atoms with van der Waals surface area (Å²) in [5.74, 6) is 0. The van der Waals surface area contributed by atoms with E-state index in [9.17, 15) is 0 Å². The van der Waals surface area contributed by atoms with Crippen LogP contribution in [0.3, 0.4) is 0 Å². The van der Waals surface area contributed by atoms with Gasteiger partial charge in [-0.3, -0.25) is 0 Å². The second kappa shape index (κ2) is 2.95. The summed E-state index contributed by atoms with van der Waals surface area (Å²) in [6.45, 7) is 4.09. The molecule has 0 atom stereocenters. The molecule has 0 saturated heterocycles. The lowest BCUT2D eigenvalue weighted by molar-refractivity contribution is 0.279. The van der Waals surface area contributed by atoms with Gasteiger partial charge < -0.3 is 4.74 Å². The van der Waals surface area contributed by atoms with Crippen LogP contribution < -0.4 is 0 Å². The van der Waals surface area contributed by atoms with Gasteiger partial charge in [0.2, 0.25) is 0 Å². The van der Waals surface area contributed by atoms with Crippen molar-refractivity contribution in [2.45, 2.75) is 0 Å². The van der Waals surface area contributed by atoms with Gasteiger partial charge in [-0.05, 0) is 17.7 Å². The first-order valence-corrected chi connectivity index (χ1v) is 2.76. The molecule has 0 bridgehead atoms. The van der Waals surface area contributed by atoms with Gasteiger partial charge in [0.05, 0.1) is 6.26 Å². The molecule has 0 saturated carbocycles. The molecular formula is C8H8O. The molecule has 0 aliphatic carbocycles. The highest BCUT2D eigenvalue weighted by Gasteiger charge is 1.92. The summed E-state index contributed by atoms with van der Waals surface area (Å²) in [5, 5.41) is 0. The number of hydrogen-bond acceptors (Lipinski definition) is 1. The van der Waals surface area contributed by atoms with Crippen LogP contribution in [-0.4, -0.2) is 6.61 Å². The first-order chi connectivity index (χ1) is 4.43. The fraction of sp³-hybridized carbons (Fsp3) is 0.125. The molecular weight excluding hydrogens is 112 g/mol. The van der Waals surface area contributed by atoms with Gasteiger partial charge >= 0.3 is 0 Å². The predicted molar refractivity (Wildman–Crippen MR) is 36.9 cm³/mol. The summed E-state index contributed by atoms with van der Waals surface area (Å²) in [5.41, 5.74) is 3.78. The van der Waals surface area contributed by atoms with E-state index in [1.54, 1.807) is 6.26 Å². The number of rotatable bonds is 1. The minimum Gasteiger partial charge on any atom is -0.496 e. The Balaban J connectivity index is 2.68. The van der Waals surface area contributed by atoms with E-state index in [1.165, 1.54) is 0 Å². The minimum atomic E-state index is 0.638. The van der Waals surface area contributed by atoms with E-state index in [2.05, 4.69) is 12.3 Å². The summed E-state index contributed by atoms with van der Waals surface area (Å²) in [7, 11) is 0. The smallest absolute Gasteiger partial charge is 0.113 e. The van der Waals surface area contributed by atoms with E-state index in [-0.39, 0.29) is 0 Å². The molecule has 0 N–H and O–H groups in total. The van der Waals surface area contributed by atoms with Gasteiger partial charge in [-0.2, -0.15) is 0 Å². The van der Waals surface area contributed by atoms with Crippen molar-refractivity contribution < 1.29 is 4.74 Å². The van der Waals surface area contributed by atoms with Gasteiger partial charge in [0.15, 0.2) is 0 Å². The van der Waals surface area contributed by atoms with Gasteiger partial charge in [-0.15, -0.1) is 5.73 Å². The van der Waals surface area contributed by atoms with E-state index < -0.39 is 0 Å². The Bertz CT molecular complexity index is 193. The maximum Gasteiger partial charge on any atom is 0.113 e. The molecule has 1 nitrogen and oxygen atoms in total. The Morgan fingerprint density at radius 3 is 3.22 bits per heavy atom. The second-order valence-electron chi connectivity index (χ2n) is 1.73. The fourth-order valence-corrected chi connectivity index (χ4v) is 0.632. The lowest BCUT2D eigenvalue weighted by Gasteiger charge is -2.03. The molecule has 0 aromatic carbocycles. The fourth-order valence-electron chi connectivity index (χ4n) is 0.632. The van der Waals surface area contributed by atoms with Gasteiger partial charge in [0.1, 0.15) is 6.61 Å². The molecule has 1 aliphatic heterocycles. The zero-order chi connectivity index (χ0) is 6.53. The third-order valence-electron chi connectivity index (χ3n) is 1.02. The molecule has 0 amide bonds. The minimum absolute atomic E-state index is 0.638. The topological polar surface area (TPSA) is 9.23 Å². The molecule has 0 unspecified atom stereocenters. The average molecular weight is 120 g/mol. The third-order valence-corrected chi connectivity index (χ3v) is 1.02. The summed E-state index contributed by atoms with van der Waals surface area (Å²) < 4.78 is 4.99. The zero-order valence-corrected chi connectivity index (χ0v) is 5.13. The van der Waals surface area contributed by atoms with Crippen molar-refractivity contribution in [2.24, 2.45) is 0 Å². The van der Waals surface area contributed by atoms with Crippen LogP contribution in [0.15, 0.2) is 42.4 Å². The first kappa shape index (κ1) is 5.93. The molecule has 1 rings (SSSR count). The molecule has 9 heavy (non-hydrogen) atoms. The van der Waals surface area contributed by atoms with E-state index in [1.807, 2.05) is 18.2 Å². The second-order valence-corrected chi connectivity index (χ2v) is 1.73. The Morgan fingerprint density at radius 1 is 1.78 bits per heavy atom. The Kier molecular flexibility index (Phi) is 1.95. The van der Waals surface area contributed by atoms with Crippen molar-refractivity contribution in [2.75, 3.05) is 6.61 Å². The van der Waals surface area contributed by atoms with Crippen LogP contribution >= 0.6 is 0 Å². The van der Waals surface area contributed by atoms with Crippen molar-refractivity contribution in [3.05, 3.63) is 42.4 Å². The van der Waals surface area contributed by atoms with Crippen molar-refractivity contribution in [3.63, 3.8) is 0 Å². The summed E-state index contributed by atoms with van der Waals surface area (Å²) in [6, 6.07) is 0. The lowest BCUT2D eigenvalue weighted by atomic mass is 10.2.